The van der Waals surface area contributed by atoms with E-state index in [1.54, 1.807) is 30.2 Å². The zero-order valence-electron chi connectivity index (χ0n) is 19.1. The Kier molecular flexibility index (Phi) is 6.46. The Balaban J connectivity index is 1.45. The molecule has 0 spiro atoms. The monoisotopic (exact) mass is 436 g/mol. The third kappa shape index (κ3) is 4.78. The second-order valence-electron chi connectivity index (χ2n) is 9.35. The number of carbonyl (C=O) groups is 2. The molecule has 2 N–H and O–H groups in total. The van der Waals surface area contributed by atoms with Crippen molar-refractivity contribution >= 4 is 29.0 Å². The van der Waals surface area contributed by atoms with E-state index >= 15 is 0 Å². The Morgan fingerprint density at radius 2 is 2.00 bits per heavy atom. The first-order valence-electron chi connectivity index (χ1n) is 11.4. The van der Waals surface area contributed by atoms with Gasteiger partial charge in [0.15, 0.2) is 0 Å². The minimum atomic E-state index is -0.224. The van der Waals surface area contributed by atoms with Crippen molar-refractivity contribution in [3.8, 4) is 0 Å². The van der Waals surface area contributed by atoms with Gasteiger partial charge in [-0.3, -0.25) is 9.59 Å². The summed E-state index contributed by atoms with van der Waals surface area (Å²) >= 11 is 0. The lowest BCUT2D eigenvalue weighted by atomic mass is 9.87. The van der Waals surface area contributed by atoms with Crippen LogP contribution in [0.5, 0.6) is 0 Å². The molecule has 7 heteroatoms. The molecule has 0 radical (unpaired) electrons. The lowest BCUT2D eigenvalue weighted by Gasteiger charge is -2.22. The second-order valence-corrected chi connectivity index (χ2v) is 9.35. The topological polar surface area (TPSA) is 83.6 Å². The number of ether oxygens (including phenoxy) is 1. The lowest BCUT2D eigenvalue weighted by Crippen LogP contribution is -2.32. The van der Waals surface area contributed by atoms with E-state index in [1.807, 2.05) is 18.2 Å². The number of pyridine rings is 1. The third-order valence-electron chi connectivity index (χ3n) is 6.45. The summed E-state index contributed by atoms with van der Waals surface area (Å²) in [6.07, 6.45) is 4.89. The molecule has 2 aliphatic rings. The van der Waals surface area contributed by atoms with Crippen molar-refractivity contribution in [2.45, 2.75) is 45.4 Å². The quantitative estimate of drug-likeness (QED) is 0.709. The Labute approximate surface area is 189 Å². The van der Waals surface area contributed by atoms with Gasteiger partial charge in [-0.1, -0.05) is 19.9 Å². The van der Waals surface area contributed by atoms with E-state index < -0.39 is 0 Å². The molecule has 7 nitrogen and oxygen atoms in total. The van der Waals surface area contributed by atoms with Crippen molar-refractivity contribution in [1.29, 1.82) is 0 Å². The van der Waals surface area contributed by atoms with Gasteiger partial charge in [0.2, 0.25) is 5.91 Å². The van der Waals surface area contributed by atoms with Crippen LogP contribution in [0.4, 0.5) is 17.2 Å². The summed E-state index contributed by atoms with van der Waals surface area (Å²) in [5.74, 6) is 1.02. The van der Waals surface area contributed by atoms with E-state index in [2.05, 4.69) is 29.5 Å². The van der Waals surface area contributed by atoms with E-state index in [-0.39, 0.29) is 17.2 Å². The number of aromatic nitrogens is 1. The van der Waals surface area contributed by atoms with Gasteiger partial charge in [0, 0.05) is 56.2 Å². The normalized spacial score (nSPS) is 17.7. The highest BCUT2D eigenvalue weighted by Gasteiger charge is 2.37. The summed E-state index contributed by atoms with van der Waals surface area (Å²) < 4.78 is 5.42. The van der Waals surface area contributed by atoms with Crippen LogP contribution in [0.2, 0.25) is 0 Å². The Bertz CT molecular complexity index is 998. The minimum absolute atomic E-state index is 0.00331. The number of carbonyl (C=O) groups excluding carboxylic acids is 2. The van der Waals surface area contributed by atoms with Gasteiger partial charge in [-0.15, -0.1) is 0 Å². The number of hydrogen-bond donors (Lipinski definition) is 2. The van der Waals surface area contributed by atoms with Crippen LogP contribution in [0.1, 0.15) is 56.0 Å². The van der Waals surface area contributed by atoms with Gasteiger partial charge in [0.1, 0.15) is 5.82 Å². The van der Waals surface area contributed by atoms with Gasteiger partial charge < -0.3 is 20.3 Å². The number of hydrogen-bond acceptors (Lipinski definition) is 5. The van der Waals surface area contributed by atoms with Gasteiger partial charge in [0.05, 0.1) is 5.56 Å². The summed E-state index contributed by atoms with van der Waals surface area (Å²) in [6.45, 7) is 8.90. The van der Waals surface area contributed by atoms with Crippen LogP contribution in [0, 0.1) is 5.92 Å². The number of amides is 2. The van der Waals surface area contributed by atoms with E-state index in [0.29, 0.717) is 29.5 Å². The van der Waals surface area contributed by atoms with Gasteiger partial charge in [-0.25, -0.2) is 4.98 Å². The molecular formula is C25H32N4O3. The van der Waals surface area contributed by atoms with Crippen molar-refractivity contribution in [1.82, 2.24) is 4.98 Å². The van der Waals surface area contributed by atoms with Gasteiger partial charge in [-0.2, -0.15) is 0 Å². The second kappa shape index (κ2) is 9.28. The molecule has 1 aromatic carbocycles. The predicted octanol–water partition coefficient (Wildman–Crippen LogP) is 4.21. The molecule has 2 aromatic rings. The van der Waals surface area contributed by atoms with Crippen molar-refractivity contribution < 1.29 is 14.3 Å². The van der Waals surface area contributed by atoms with Crippen LogP contribution in [-0.4, -0.2) is 43.1 Å². The van der Waals surface area contributed by atoms with Crippen LogP contribution in [0.3, 0.4) is 0 Å². The van der Waals surface area contributed by atoms with E-state index in [1.165, 1.54) is 0 Å². The SMILES string of the molecule is CC(=O)N1CC(C)(C)c2ccc(NC(=O)c3cccnc3NCCC3CCOCC3)cc21. The Morgan fingerprint density at radius 1 is 1.22 bits per heavy atom. The molecule has 0 atom stereocenters. The molecular weight excluding hydrogens is 404 g/mol. The standard InChI is InChI=1S/C25H32N4O3/c1-17(30)29-16-25(2,3)21-7-6-19(15-22(21)29)28-24(31)20-5-4-11-26-23(20)27-12-8-18-9-13-32-14-10-18/h4-7,11,15,18H,8-10,12-14,16H2,1-3H3,(H,26,27)(H,28,31). The molecule has 32 heavy (non-hydrogen) atoms. The summed E-state index contributed by atoms with van der Waals surface area (Å²) in [6, 6.07) is 9.33. The number of benzene rings is 1. The molecule has 0 saturated carbocycles. The number of fused-ring (bicyclic) bond motifs is 1. The molecule has 1 fully saturated rings. The van der Waals surface area contributed by atoms with Gasteiger partial charge in [0.25, 0.3) is 5.91 Å². The average Bonchev–Trinajstić information content (AvgIpc) is 3.05. The summed E-state index contributed by atoms with van der Waals surface area (Å²) in [7, 11) is 0. The smallest absolute Gasteiger partial charge is 0.259 e. The molecule has 4 rings (SSSR count). The highest BCUT2D eigenvalue weighted by atomic mass is 16.5. The molecule has 3 heterocycles. The van der Waals surface area contributed by atoms with E-state index in [4.69, 9.17) is 4.74 Å². The highest BCUT2D eigenvalue weighted by Crippen LogP contribution is 2.41. The fourth-order valence-electron chi connectivity index (χ4n) is 4.61. The summed E-state index contributed by atoms with van der Waals surface area (Å²) in [5.41, 5.74) is 3.02. The highest BCUT2D eigenvalue weighted by molar-refractivity contribution is 6.08. The van der Waals surface area contributed by atoms with Crippen LogP contribution in [-0.2, 0) is 14.9 Å². The van der Waals surface area contributed by atoms with Gasteiger partial charge >= 0.3 is 0 Å². The third-order valence-corrected chi connectivity index (χ3v) is 6.45. The minimum Gasteiger partial charge on any atom is -0.381 e. The predicted molar refractivity (Wildman–Crippen MR) is 126 cm³/mol. The van der Waals surface area contributed by atoms with Crippen LogP contribution in [0.25, 0.3) is 0 Å². The van der Waals surface area contributed by atoms with Crippen LogP contribution < -0.4 is 15.5 Å². The van der Waals surface area contributed by atoms with E-state index in [0.717, 1.165) is 50.3 Å². The zero-order chi connectivity index (χ0) is 22.7. The maximum Gasteiger partial charge on any atom is 0.259 e. The van der Waals surface area contributed by atoms with Crippen molar-refractivity contribution in [2.75, 3.05) is 41.8 Å². The Morgan fingerprint density at radius 3 is 2.75 bits per heavy atom. The number of nitrogens with zero attached hydrogens (tertiary/aromatic N) is 2. The first-order valence-corrected chi connectivity index (χ1v) is 11.4. The number of anilines is 3. The zero-order valence-corrected chi connectivity index (χ0v) is 19.1. The maximum atomic E-state index is 13.1. The molecule has 1 aromatic heterocycles. The fraction of sp³-hybridized carbons (Fsp3) is 0.480. The van der Waals surface area contributed by atoms with E-state index in [9.17, 15) is 9.59 Å². The first kappa shape index (κ1) is 22.3. The molecule has 0 aliphatic carbocycles. The van der Waals surface area contributed by atoms with Crippen molar-refractivity contribution in [3.63, 3.8) is 0 Å². The molecule has 1 saturated heterocycles. The molecule has 0 bridgehead atoms. The maximum absolute atomic E-state index is 13.1. The molecule has 170 valence electrons. The molecule has 0 unspecified atom stereocenters. The average molecular weight is 437 g/mol. The molecule has 2 amide bonds. The lowest BCUT2D eigenvalue weighted by molar-refractivity contribution is -0.116. The largest absolute Gasteiger partial charge is 0.381 e. The number of rotatable bonds is 6. The first-order chi connectivity index (χ1) is 15.3. The van der Waals surface area contributed by atoms with Crippen LogP contribution >= 0.6 is 0 Å². The summed E-state index contributed by atoms with van der Waals surface area (Å²) in [4.78, 5) is 31.3. The van der Waals surface area contributed by atoms with Gasteiger partial charge in [-0.05, 0) is 55.0 Å². The van der Waals surface area contributed by atoms with Crippen LogP contribution in [0.15, 0.2) is 36.5 Å². The summed E-state index contributed by atoms with van der Waals surface area (Å²) in [5, 5.41) is 6.32. The van der Waals surface area contributed by atoms with Crippen molar-refractivity contribution in [3.05, 3.63) is 47.7 Å². The fourth-order valence-corrected chi connectivity index (χ4v) is 4.61. The number of nitrogens with one attached hydrogen (secondary N) is 2. The molecule has 2 aliphatic heterocycles. The Hall–Kier alpha value is -2.93. The van der Waals surface area contributed by atoms with Crippen molar-refractivity contribution in [2.24, 2.45) is 5.92 Å².